The van der Waals surface area contributed by atoms with Crippen LogP contribution < -0.4 is 5.73 Å². The average molecular weight is 234 g/mol. The quantitative estimate of drug-likeness (QED) is 0.746. The summed E-state index contributed by atoms with van der Waals surface area (Å²) in [6.45, 7) is 2.05. The highest BCUT2D eigenvalue weighted by atomic mass is 79.9. The number of anilines is 1. The van der Waals surface area contributed by atoms with Crippen LogP contribution in [0, 0.1) is 0 Å². The summed E-state index contributed by atoms with van der Waals surface area (Å²) in [5, 5.41) is 6.09. The van der Waals surface area contributed by atoms with E-state index in [-0.39, 0.29) is 11.5 Å². The molecule has 1 aromatic rings. The first-order chi connectivity index (χ1) is 5.66. The maximum atomic E-state index is 11.1. The van der Waals surface area contributed by atoms with Crippen molar-refractivity contribution < 1.29 is 9.53 Å². The first-order valence-electron chi connectivity index (χ1n) is 3.33. The van der Waals surface area contributed by atoms with Gasteiger partial charge in [0.2, 0.25) is 0 Å². The van der Waals surface area contributed by atoms with E-state index in [1.807, 2.05) is 0 Å². The van der Waals surface area contributed by atoms with Crippen molar-refractivity contribution in [1.29, 1.82) is 0 Å². The van der Waals surface area contributed by atoms with Gasteiger partial charge in [-0.15, -0.1) is 0 Å². The van der Waals surface area contributed by atoms with Crippen molar-refractivity contribution in [2.24, 2.45) is 0 Å². The third-order valence-electron chi connectivity index (χ3n) is 1.21. The molecule has 0 bridgehead atoms. The van der Waals surface area contributed by atoms with E-state index in [1.54, 1.807) is 6.92 Å². The Morgan fingerprint density at radius 2 is 2.50 bits per heavy atom. The van der Waals surface area contributed by atoms with Crippen molar-refractivity contribution in [1.82, 2.24) is 10.2 Å². The Hall–Kier alpha value is -1.04. The molecule has 3 N–H and O–H groups in total. The lowest BCUT2D eigenvalue weighted by molar-refractivity contribution is 0.0518. The topological polar surface area (TPSA) is 81.0 Å². The molecule has 0 fully saturated rings. The summed E-state index contributed by atoms with van der Waals surface area (Å²) in [5.41, 5.74) is 5.62. The number of aromatic nitrogens is 2. The molecular weight excluding hydrogens is 226 g/mol. The minimum Gasteiger partial charge on any atom is -0.461 e. The van der Waals surface area contributed by atoms with Gasteiger partial charge in [0.1, 0.15) is 0 Å². The number of nitrogens with zero attached hydrogens (tertiary/aromatic N) is 1. The number of carbonyl (C=O) groups excluding carboxylic acids is 1. The standard InChI is InChI=1S/C6H8BrN3O2/c1-2-12-6(11)4-3(7)5(8)10-9-4/h2H2,1H3,(H3,8,9,10). The van der Waals surface area contributed by atoms with Gasteiger partial charge in [0.25, 0.3) is 0 Å². The molecule has 1 rings (SSSR count). The lowest BCUT2D eigenvalue weighted by Crippen LogP contribution is -2.05. The number of nitrogens with one attached hydrogen (secondary N) is 1. The van der Waals surface area contributed by atoms with E-state index in [4.69, 9.17) is 10.5 Å². The van der Waals surface area contributed by atoms with E-state index in [1.165, 1.54) is 0 Å². The summed E-state index contributed by atoms with van der Waals surface area (Å²) < 4.78 is 5.17. The fourth-order valence-corrected chi connectivity index (χ4v) is 1.02. The Labute approximate surface area is 77.4 Å². The number of rotatable bonds is 2. The average Bonchev–Trinajstić information content (AvgIpc) is 2.34. The highest BCUT2D eigenvalue weighted by Crippen LogP contribution is 2.21. The fraction of sp³-hybridized carbons (Fsp3) is 0.333. The van der Waals surface area contributed by atoms with Gasteiger partial charge in [-0.25, -0.2) is 4.79 Å². The minimum atomic E-state index is -0.464. The zero-order chi connectivity index (χ0) is 9.14. The van der Waals surface area contributed by atoms with E-state index >= 15 is 0 Å². The molecule has 0 radical (unpaired) electrons. The number of carbonyl (C=O) groups is 1. The lowest BCUT2D eigenvalue weighted by atomic mass is 10.4. The predicted molar refractivity (Wildman–Crippen MR) is 46.7 cm³/mol. The second-order valence-electron chi connectivity index (χ2n) is 2.02. The van der Waals surface area contributed by atoms with Crippen LogP contribution in [0.4, 0.5) is 5.82 Å². The van der Waals surface area contributed by atoms with Gasteiger partial charge in [-0.2, -0.15) is 5.10 Å². The van der Waals surface area contributed by atoms with E-state index in [2.05, 4.69) is 26.1 Å². The SMILES string of the molecule is CCOC(=O)c1[nH]nc(N)c1Br. The second-order valence-corrected chi connectivity index (χ2v) is 2.81. The smallest absolute Gasteiger partial charge is 0.357 e. The molecule has 0 saturated carbocycles. The van der Waals surface area contributed by atoms with Gasteiger partial charge in [-0.1, -0.05) is 0 Å². The second kappa shape index (κ2) is 3.57. The molecule has 5 nitrogen and oxygen atoms in total. The summed E-state index contributed by atoms with van der Waals surface area (Å²) in [4.78, 5) is 11.1. The zero-order valence-electron chi connectivity index (χ0n) is 6.43. The fourth-order valence-electron chi connectivity index (χ4n) is 0.681. The van der Waals surface area contributed by atoms with Gasteiger partial charge in [0, 0.05) is 0 Å². The summed E-state index contributed by atoms with van der Waals surface area (Å²) in [5.74, 6) is -0.216. The van der Waals surface area contributed by atoms with Crippen molar-refractivity contribution in [3.05, 3.63) is 10.2 Å². The third-order valence-corrected chi connectivity index (χ3v) is 2.01. The number of nitrogens with two attached hydrogens (primary N) is 1. The number of nitrogen functional groups attached to an aromatic ring is 1. The van der Waals surface area contributed by atoms with E-state index < -0.39 is 5.97 Å². The van der Waals surface area contributed by atoms with Gasteiger partial charge in [-0.05, 0) is 22.9 Å². The Bertz CT molecular complexity index is 297. The number of esters is 1. The molecule has 66 valence electrons. The zero-order valence-corrected chi connectivity index (χ0v) is 8.01. The monoisotopic (exact) mass is 233 g/mol. The number of halogens is 1. The molecule has 6 heteroatoms. The number of hydrogen-bond donors (Lipinski definition) is 2. The van der Waals surface area contributed by atoms with Crippen molar-refractivity contribution in [2.75, 3.05) is 12.3 Å². The summed E-state index contributed by atoms with van der Waals surface area (Å²) in [6.07, 6.45) is 0. The van der Waals surface area contributed by atoms with Gasteiger partial charge in [-0.3, -0.25) is 5.10 Å². The molecular formula is C6H8BrN3O2. The van der Waals surface area contributed by atoms with E-state index in [9.17, 15) is 4.79 Å². The molecule has 12 heavy (non-hydrogen) atoms. The van der Waals surface area contributed by atoms with Crippen molar-refractivity contribution in [3.8, 4) is 0 Å². The molecule has 0 aliphatic carbocycles. The highest BCUT2D eigenvalue weighted by molar-refractivity contribution is 9.10. The molecule has 0 spiro atoms. The summed E-state index contributed by atoms with van der Waals surface area (Å²) in [6, 6.07) is 0. The van der Waals surface area contributed by atoms with E-state index in [0.717, 1.165) is 0 Å². The Kier molecular flexibility index (Phi) is 2.69. The van der Waals surface area contributed by atoms with Gasteiger partial charge in [0.15, 0.2) is 11.5 Å². The maximum absolute atomic E-state index is 11.1. The van der Waals surface area contributed by atoms with Crippen LogP contribution in [0.2, 0.25) is 0 Å². The molecule has 1 heterocycles. The number of ether oxygens (including phenoxy) is 1. The van der Waals surface area contributed by atoms with Crippen molar-refractivity contribution >= 4 is 27.7 Å². The molecule has 0 amide bonds. The highest BCUT2D eigenvalue weighted by Gasteiger charge is 2.15. The Morgan fingerprint density at radius 1 is 1.83 bits per heavy atom. The summed E-state index contributed by atoms with van der Waals surface area (Å²) in [7, 11) is 0. The largest absolute Gasteiger partial charge is 0.461 e. The third kappa shape index (κ3) is 1.58. The van der Waals surface area contributed by atoms with Crippen LogP contribution in [0.1, 0.15) is 17.4 Å². The lowest BCUT2D eigenvalue weighted by Gasteiger charge is -1.97. The molecule has 0 aliphatic rings. The number of H-pyrrole nitrogens is 1. The molecule has 0 unspecified atom stereocenters. The van der Waals surface area contributed by atoms with Crippen LogP contribution in [-0.2, 0) is 4.74 Å². The van der Waals surface area contributed by atoms with Crippen molar-refractivity contribution in [2.45, 2.75) is 6.92 Å². The van der Waals surface area contributed by atoms with Gasteiger partial charge in [0.05, 0.1) is 11.1 Å². The van der Waals surface area contributed by atoms with Gasteiger partial charge >= 0.3 is 5.97 Å². The predicted octanol–water partition coefficient (Wildman–Crippen LogP) is 0.931. The minimum absolute atomic E-state index is 0.245. The Balaban J connectivity index is 2.88. The van der Waals surface area contributed by atoms with Crippen molar-refractivity contribution in [3.63, 3.8) is 0 Å². The van der Waals surface area contributed by atoms with Crippen LogP contribution in [0.5, 0.6) is 0 Å². The molecule has 0 atom stereocenters. The maximum Gasteiger partial charge on any atom is 0.357 e. The van der Waals surface area contributed by atoms with Crippen LogP contribution >= 0.6 is 15.9 Å². The molecule has 1 aromatic heterocycles. The van der Waals surface area contributed by atoms with E-state index in [0.29, 0.717) is 11.1 Å². The van der Waals surface area contributed by atoms with Crippen LogP contribution in [0.25, 0.3) is 0 Å². The first kappa shape index (κ1) is 9.05. The summed E-state index contributed by atoms with van der Waals surface area (Å²) >= 11 is 3.10. The first-order valence-corrected chi connectivity index (χ1v) is 4.12. The Morgan fingerprint density at radius 3 is 2.92 bits per heavy atom. The van der Waals surface area contributed by atoms with Crippen LogP contribution in [0.3, 0.4) is 0 Å². The molecule has 0 aliphatic heterocycles. The number of aromatic amines is 1. The normalized spacial score (nSPS) is 9.83. The number of hydrogen-bond acceptors (Lipinski definition) is 4. The van der Waals surface area contributed by atoms with Crippen LogP contribution in [0.15, 0.2) is 4.47 Å². The van der Waals surface area contributed by atoms with Gasteiger partial charge < -0.3 is 10.5 Å². The molecule has 0 aromatic carbocycles. The molecule has 0 saturated heterocycles. The van der Waals surface area contributed by atoms with Crippen LogP contribution in [-0.4, -0.2) is 22.8 Å².